The largest absolute Gasteiger partial charge is 0.508 e. The number of pyridine rings is 1. The van der Waals surface area contributed by atoms with Crippen LogP contribution in [0, 0.1) is 24.0 Å². The van der Waals surface area contributed by atoms with Gasteiger partial charge in [-0.25, -0.2) is 23.5 Å². The van der Waals surface area contributed by atoms with E-state index in [0.717, 1.165) is 12.8 Å². The summed E-state index contributed by atoms with van der Waals surface area (Å²) >= 11 is 0. The van der Waals surface area contributed by atoms with Crippen molar-refractivity contribution < 1.29 is 46.1 Å². The van der Waals surface area contributed by atoms with Crippen molar-refractivity contribution in [1.82, 2.24) is 30.1 Å². The number of anilines is 1. The summed E-state index contributed by atoms with van der Waals surface area (Å²) in [6.45, 7) is 3.84. The van der Waals surface area contributed by atoms with Crippen LogP contribution in [0.1, 0.15) is 44.6 Å². The average molecular weight is 768 g/mol. The number of phenolic OH excluding ortho intramolecular Hbond substituents is 1. The Hall–Kier alpha value is -5.21. The number of ether oxygens (including phenoxy) is 3. The number of carbonyl (C=O) groups excluding carboxylic acids is 1. The van der Waals surface area contributed by atoms with E-state index in [2.05, 4.69) is 26.1 Å². The molecule has 0 bridgehead atoms. The van der Waals surface area contributed by atoms with Gasteiger partial charge in [0.2, 0.25) is 5.88 Å². The van der Waals surface area contributed by atoms with E-state index in [9.17, 15) is 23.1 Å². The number of nitrogens with one attached hydrogen (secondary N) is 1. The highest BCUT2D eigenvalue weighted by molar-refractivity contribution is 6.04. The topological polar surface area (TPSA) is 125 Å². The number of terminal acetylenes is 1. The first kappa shape index (κ1) is 36.8. The average Bonchev–Trinajstić information content (AvgIpc) is 3.69. The molecule has 2 aromatic heterocycles. The quantitative estimate of drug-likeness (QED) is 0.136. The molecule has 8 rings (SSSR count). The van der Waals surface area contributed by atoms with E-state index >= 15 is 8.78 Å². The lowest BCUT2D eigenvalue weighted by Gasteiger charge is -2.41. The molecule has 17 heteroatoms. The molecule has 4 atom stereocenters. The van der Waals surface area contributed by atoms with Gasteiger partial charge in [0.15, 0.2) is 5.82 Å². The molecular weight excluding hydrogens is 729 g/mol. The van der Waals surface area contributed by atoms with Crippen LogP contribution in [0.3, 0.4) is 0 Å². The van der Waals surface area contributed by atoms with E-state index in [1.807, 2.05) is 11.8 Å². The SMILES string of the molecule is C#Cc1c(F)ccc2cc(O)cc(-c3nc4c5c(nc(OC[C@@]67CCCN6[C@H](COC(=O)N(C)C(F)(F)F)CC7)nc5c3F)N3CCN[C@@H](CC)[C@H]3CO4)c12. The molecular formula is C38H38F5N7O5. The van der Waals surface area contributed by atoms with Crippen molar-refractivity contribution in [2.75, 3.05) is 51.4 Å². The number of piperazine rings is 1. The molecule has 12 nitrogen and oxygen atoms in total. The van der Waals surface area contributed by atoms with E-state index in [1.54, 1.807) is 0 Å². The highest BCUT2D eigenvalue weighted by atomic mass is 19.4. The second kappa shape index (κ2) is 13.8. The zero-order valence-electron chi connectivity index (χ0n) is 30.1. The van der Waals surface area contributed by atoms with Crippen LogP contribution in [0.5, 0.6) is 17.6 Å². The maximum atomic E-state index is 17.2. The predicted molar refractivity (Wildman–Crippen MR) is 191 cm³/mol. The summed E-state index contributed by atoms with van der Waals surface area (Å²) in [6.07, 6.45) is 2.81. The van der Waals surface area contributed by atoms with Crippen LogP contribution in [0.25, 0.3) is 32.9 Å². The van der Waals surface area contributed by atoms with Crippen molar-refractivity contribution in [1.29, 1.82) is 0 Å². The Morgan fingerprint density at radius 2 is 2.00 bits per heavy atom. The number of hydrogen-bond acceptors (Lipinski definition) is 11. The Morgan fingerprint density at radius 3 is 2.76 bits per heavy atom. The number of phenols is 1. The second-order valence-corrected chi connectivity index (χ2v) is 14.4. The van der Waals surface area contributed by atoms with Crippen molar-refractivity contribution in [3.05, 3.63) is 41.5 Å². The van der Waals surface area contributed by atoms with Gasteiger partial charge < -0.3 is 29.5 Å². The van der Waals surface area contributed by atoms with Gasteiger partial charge >= 0.3 is 18.4 Å². The van der Waals surface area contributed by atoms with E-state index < -0.39 is 34.5 Å². The molecule has 4 aromatic rings. The number of hydrogen-bond donors (Lipinski definition) is 2. The van der Waals surface area contributed by atoms with Gasteiger partial charge in [-0.2, -0.15) is 9.97 Å². The molecule has 0 radical (unpaired) electrons. The van der Waals surface area contributed by atoms with E-state index in [-0.39, 0.29) is 88.7 Å². The second-order valence-electron chi connectivity index (χ2n) is 14.4. The van der Waals surface area contributed by atoms with Gasteiger partial charge in [-0.15, -0.1) is 19.6 Å². The Balaban J connectivity index is 1.19. The Bertz CT molecular complexity index is 2230. The lowest BCUT2D eigenvalue weighted by molar-refractivity contribution is -0.222. The van der Waals surface area contributed by atoms with Gasteiger partial charge in [-0.05, 0) is 62.2 Å². The fourth-order valence-corrected chi connectivity index (χ4v) is 8.71. The van der Waals surface area contributed by atoms with Gasteiger partial charge in [0, 0.05) is 43.2 Å². The van der Waals surface area contributed by atoms with E-state index in [0.29, 0.717) is 57.1 Å². The Kier molecular flexibility index (Phi) is 9.24. The fourth-order valence-electron chi connectivity index (χ4n) is 8.71. The predicted octanol–water partition coefficient (Wildman–Crippen LogP) is 5.72. The molecule has 0 spiro atoms. The molecule has 4 aliphatic heterocycles. The van der Waals surface area contributed by atoms with Crippen LogP contribution in [0.15, 0.2) is 24.3 Å². The van der Waals surface area contributed by atoms with Gasteiger partial charge in [-0.3, -0.25) is 4.90 Å². The summed E-state index contributed by atoms with van der Waals surface area (Å²) < 4.78 is 89.1. The summed E-state index contributed by atoms with van der Waals surface area (Å²) in [5.74, 6) is 0.974. The number of nitrogens with zero attached hydrogens (tertiary/aromatic N) is 6. The Morgan fingerprint density at radius 1 is 1.18 bits per heavy atom. The number of carbonyl (C=O) groups is 1. The third kappa shape index (κ3) is 6.24. The summed E-state index contributed by atoms with van der Waals surface area (Å²) in [7, 11) is 0.617. The number of benzene rings is 2. The first-order chi connectivity index (χ1) is 26.3. The van der Waals surface area contributed by atoms with Crippen LogP contribution in [0.4, 0.5) is 32.6 Å². The molecule has 6 heterocycles. The Labute approximate surface area is 312 Å². The molecule has 0 unspecified atom stereocenters. The third-order valence-electron chi connectivity index (χ3n) is 11.4. The zero-order chi connectivity index (χ0) is 38.8. The van der Waals surface area contributed by atoms with Crippen LogP contribution in [-0.4, -0.2) is 112 Å². The molecule has 1 amide bonds. The lowest BCUT2D eigenvalue weighted by atomic mass is 9.95. The molecule has 0 saturated carbocycles. The maximum Gasteiger partial charge on any atom is 0.489 e. The smallest absolute Gasteiger partial charge is 0.489 e. The molecule has 3 saturated heterocycles. The van der Waals surface area contributed by atoms with E-state index in [4.69, 9.17) is 25.6 Å². The molecule has 4 aliphatic rings. The van der Waals surface area contributed by atoms with Crippen LogP contribution in [0.2, 0.25) is 0 Å². The summed E-state index contributed by atoms with van der Waals surface area (Å²) in [5, 5.41) is 15.0. The number of fused-ring (bicyclic) bond motifs is 4. The standard InChI is InChI=1S/C38H38F5N7O5/c1-4-23-25(39)8-7-20-15-22(51)16-24(28(20)23)31-30(40)32-29-33(49-14-12-44-26(5-2)27(49)18-53-34(29)45-31)47-35(46-32)55-19-37-10-6-13-50(37)21(9-11-37)17-54-36(52)48(3)38(41,42)43/h1,7-8,15-16,21,26-27,44,51H,5-6,9-14,17-19H2,2-3H3/t21-,26-,27+,37-/m0/s1. The highest BCUT2D eigenvalue weighted by Crippen LogP contribution is 2.46. The van der Waals surface area contributed by atoms with Crippen LogP contribution < -0.4 is 19.7 Å². The normalized spacial score (nSPS) is 23.5. The molecule has 0 aliphatic carbocycles. The zero-order valence-corrected chi connectivity index (χ0v) is 30.1. The molecule has 3 fully saturated rings. The van der Waals surface area contributed by atoms with Gasteiger partial charge in [0.05, 0.1) is 17.1 Å². The minimum Gasteiger partial charge on any atom is -0.508 e. The number of amides is 1. The summed E-state index contributed by atoms with van der Waals surface area (Å²) in [4.78, 5) is 29.9. The van der Waals surface area contributed by atoms with Crippen LogP contribution >= 0.6 is 0 Å². The van der Waals surface area contributed by atoms with Crippen molar-refractivity contribution in [3.8, 4) is 41.2 Å². The number of aromatic nitrogens is 3. The number of aromatic hydroxyl groups is 1. The van der Waals surface area contributed by atoms with Crippen molar-refractivity contribution in [2.24, 2.45) is 0 Å². The lowest BCUT2D eigenvalue weighted by Crippen LogP contribution is -2.60. The maximum absolute atomic E-state index is 17.2. The fraction of sp³-hybridized carbons (Fsp3) is 0.474. The summed E-state index contributed by atoms with van der Waals surface area (Å²) in [6, 6.07) is 4.63. The highest BCUT2D eigenvalue weighted by Gasteiger charge is 2.51. The molecule has 2 aromatic carbocycles. The monoisotopic (exact) mass is 767 g/mol. The molecule has 2 N–H and O–H groups in total. The first-order valence-corrected chi connectivity index (χ1v) is 18.2. The van der Waals surface area contributed by atoms with Crippen molar-refractivity contribution in [2.45, 2.75) is 69.0 Å². The minimum atomic E-state index is -4.86. The van der Waals surface area contributed by atoms with Crippen molar-refractivity contribution in [3.63, 3.8) is 0 Å². The van der Waals surface area contributed by atoms with Crippen LogP contribution in [-0.2, 0) is 4.74 Å². The number of halogens is 5. The van der Waals surface area contributed by atoms with Gasteiger partial charge in [0.1, 0.15) is 53.8 Å². The first-order valence-electron chi connectivity index (χ1n) is 18.2. The van der Waals surface area contributed by atoms with Crippen molar-refractivity contribution >= 4 is 33.6 Å². The number of rotatable bonds is 7. The van der Waals surface area contributed by atoms with Gasteiger partial charge in [0.25, 0.3) is 0 Å². The molecule has 290 valence electrons. The summed E-state index contributed by atoms with van der Waals surface area (Å²) in [5.41, 5.74) is -1.06. The van der Waals surface area contributed by atoms with E-state index in [1.165, 1.54) is 24.3 Å². The minimum absolute atomic E-state index is 0.00400. The van der Waals surface area contributed by atoms with Gasteiger partial charge in [-0.1, -0.05) is 18.9 Å². The number of alkyl halides is 3. The third-order valence-corrected chi connectivity index (χ3v) is 11.4. The molecule has 55 heavy (non-hydrogen) atoms.